The van der Waals surface area contributed by atoms with E-state index in [4.69, 9.17) is 9.47 Å². The summed E-state index contributed by atoms with van der Waals surface area (Å²) in [5.41, 5.74) is -1.73. The summed E-state index contributed by atoms with van der Waals surface area (Å²) < 4.78 is 48.9. The van der Waals surface area contributed by atoms with Crippen molar-refractivity contribution in [2.75, 3.05) is 0 Å². The summed E-state index contributed by atoms with van der Waals surface area (Å²) in [5, 5.41) is 11.0. The zero-order valence-corrected chi connectivity index (χ0v) is 10.1. The summed E-state index contributed by atoms with van der Waals surface area (Å²) in [7, 11) is 0. The molecule has 1 aromatic rings. The number of hydrogen-bond acceptors (Lipinski definition) is 4. The van der Waals surface area contributed by atoms with Gasteiger partial charge in [-0.3, -0.25) is 10.1 Å². The third-order valence-electron chi connectivity index (χ3n) is 3.12. The third-order valence-corrected chi connectivity index (χ3v) is 3.12. The first kappa shape index (κ1) is 12.9. The van der Waals surface area contributed by atoms with Gasteiger partial charge in [0.1, 0.15) is 18.0 Å². The van der Waals surface area contributed by atoms with Crippen molar-refractivity contribution in [3.05, 3.63) is 45.2 Å². The molecule has 1 aromatic carbocycles. The standard InChI is InChI=1S/C12H8F3NO4/c1-5-2-9-11(20-9)7-3-6(12(13,14)15)4-8(16(17)18)10(7)19-5/h2-4,9,11H,1H3. The van der Waals surface area contributed by atoms with Crippen LogP contribution in [0.1, 0.15) is 24.2 Å². The van der Waals surface area contributed by atoms with Crippen LogP contribution in [0.15, 0.2) is 24.0 Å². The summed E-state index contributed by atoms with van der Waals surface area (Å²) in [6, 6.07) is 1.33. The fourth-order valence-electron chi connectivity index (χ4n) is 2.18. The number of epoxide rings is 1. The summed E-state index contributed by atoms with van der Waals surface area (Å²) in [5.74, 6) is 0.181. The second-order valence-electron chi connectivity index (χ2n) is 4.57. The molecule has 3 rings (SSSR count). The van der Waals surface area contributed by atoms with Crippen LogP contribution in [-0.2, 0) is 10.9 Å². The van der Waals surface area contributed by atoms with Gasteiger partial charge in [0.05, 0.1) is 10.5 Å². The van der Waals surface area contributed by atoms with Crippen molar-refractivity contribution in [2.45, 2.75) is 25.3 Å². The minimum atomic E-state index is -4.67. The molecule has 2 heterocycles. The second kappa shape index (κ2) is 3.95. The van der Waals surface area contributed by atoms with Crippen LogP contribution < -0.4 is 4.74 Å². The van der Waals surface area contributed by atoms with Gasteiger partial charge in [-0.2, -0.15) is 13.2 Å². The first-order valence-electron chi connectivity index (χ1n) is 5.68. The maximum absolute atomic E-state index is 12.8. The molecule has 2 atom stereocenters. The van der Waals surface area contributed by atoms with Crippen LogP contribution in [0.4, 0.5) is 18.9 Å². The molecule has 0 radical (unpaired) electrons. The maximum atomic E-state index is 12.8. The number of nitro benzene ring substituents is 1. The molecule has 0 aliphatic carbocycles. The minimum Gasteiger partial charge on any atom is -0.455 e. The molecule has 0 saturated carbocycles. The summed E-state index contributed by atoms with van der Waals surface area (Å²) in [6.07, 6.45) is -4.09. The van der Waals surface area contributed by atoms with Crippen molar-refractivity contribution >= 4 is 5.69 Å². The van der Waals surface area contributed by atoms with E-state index in [1.54, 1.807) is 13.0 Å². The number of nitrogens with zero attached hydrogens (tertiary/aromatic N) is 1. The molecule has 1 fully saturated rings. The zero-order valence-electron chi connectivity index (χ0n) is 10.1. The van der Waals surface area contributed by atoms with Gasteiger partial charge < -0.3 is 9.47 Å². The minimum absolute atomic E-state index is 0.0598. The zero-order chi connectivity index (χ0) is 14.7. The van der Waals surface area contributed by atoms with Gasteiger partial charge in [0.25, 0.3) is 0 Å². The first-order chi connectivity index (χ1) is 9.27. The van der Waals surface area contributed by atoms with E-state index in [9.17, 15) is 23.3 Å². The van der Waals surface area contributed by atoms with Gasteiger partial charge in [0.2, 0.25) is 5.75 Å². The number of allylic oxidation sites excluding steroid dienone is 1. The topological polar surface area (TPSA) is 64.9 Å². The normalized spacial score (nSPS) is 23.9. The average molecular weight is 287 g/mol. The molecule has 2 aliphatic heterocycles. The summed E-state index contributed by atoms with van der Waals surface area (Å²) >= 11 is 0. The van der Waals surface area contributed by atoms with Crippen LogP contribution in [0.3, 0.4) is 0 Å². The Bertz CT molecular complexity index is 638. The van der Waals surface area contributed by atoms with E-state index in [2.05, 4.69) is 0 Å². The fourth-order valence-corrected chi connectivity index (χ4v) is 2.18. The Morgan fingerprint density at radius 2 is 2.05 bits per heavy atom. The molecular formula is C12H8F3NO4. The molecule has 106 valence electrons. The molecule has 1 saturated heterocycles. The number of benzene rings is 1. The van der Waals surface area contributed by atoms with Crippen molar-refractivity contribution in [3.63, 3.8) is 0 Å². The lowest BCUT2D eigenvalue weighted by Crippen LogP contribution is -2.08. The maximum Gasteiger partial charge on any atom is 0.416 e. The number of hydrogen-bond donors (Lipinski definition) is 0. The smallest absolute Gasteiger partial charge is 0.416 e. The lowest BCUT2D eigenvalue weighted by Gasteiger charge is -2.13. The van der Waals surface area contributed by atoms with Gasteiger partial charge in [-0.25, -0.2) is 0 Å². The molecule has 20 heavy (non-hydrogen) atoms. The van der Waals surface area contributed by atoms with Crippen molar-refractivity contribution in [1.29, 1.82) is 0 Å². The highest BCUT2D eigenvalue weighted by Crippen LogP contribution is 2.51. The molecule has 0 aromatic heterocycles. The number of fused-ring (bicyclic) bond motifs is 3. The molecule has 0 spiro atoms. The van der Waals surface area contributed by atoms with E-state index in [0.717, 1.165) is 6.07 Å². The lowest BCUT2D eigenvalue weighted by molar-refractivity contribution is -0.386. The number of nitro groups is 1. The number of alkyl halides is 3. The fraction of sp³-hybridized carbons (Fsp3) is 0.333. The van der Waals surface area contributed by atoms with Crippen LogP contribution >= 0.6 is 0 Å². The summed E-state index contributed by atoms with van der Waals surface area (Å²) in [6.45, 7) is 1.56. The van der Waals surface area contributed by atoms with Gasteiger partial charge in [0, 0.05) is 11.6 Å². The molecule has 0 bridgehead atoms. The lowest BCUT2D eigenvalue weighted by atomic mass is 10.0. The van der Waals surface area contributed by atoms with Crippen LogP contribution in [0, 0.1) is 10.1 Å². The summed E-state index contributed by atoms with van der Waals surface area (Å²) in [4.78, 5) is 10.1. The van der Waals surface area contributed by atoms with E-state index < -0.39 is 28.5 Å². The van der Waals surface area contributed by atoms with E-state index in [1.165, 1.54) is 0 Å². The van der Waals surface area contributed by atoms with Crippen molar-refractivity contribution in [1.82, 2.24) is 0 Å². The number of halogens is 3. The van der Waals surface area contributed by atoms with E-state index in [-0.39, 0.29) is 17.4 Å². The Hall–Kier alpha value is -2.09. The highest BCUT2D eigenvalue weighted by atomic mass is 19.4. The highest BCUT2D eigenvalue weighted by molar-refractivity contribution is 5.58. The van der Waals surface area contributed by atoms with E-state index in [0.29, 0.717) is 11.8 Å². The molecule has 2 aliphatic rings. The van der Waals surface area contributed by atoms with E-state index in [1.807, 2.05) is 0 Å². The van der Waals surface area contributed by atoms with Crippen molar-refractivity contribution in [3.8, 4) is 5.75 Å². The Morgan fingerprint density at radius 1 is 1.35 bits per heavy atom. The predicted molar refractivity (Wildman–Crippen MR) is 60.1 cm³/mol. The van der Waals surface area contributed by atoms with Crippen molar-refractivity contribution in [2.24, 2.45) is 0 Å². The quantitative estimate of drug-likeness (QED) is 0.451. The average Bonchev–Trinajstić information content (AvgIpc) is 3.05. The van der Waals surface area contributed by atoms with Gasteiger partial charge in [0.15, 0.2) is 0 Å². The second-order valence-corrected chi connectivity index (χ2v) is 4.57. The van der Waals surface area contributed by atoms with Crippen LogP contribution in [0.5, 0.6) is 5.75 Å². The molecule has 5 nitrogen and oxygen atoms in total. The Kier molecular flexibility index (Phi) is 2.55. The Labute approximate surface area is 110 Å². The van der Waals surface area contributed by atoms with Gasteiger partial charge in [-0.15, -0.1) is 0 Å². The van der Waals surface area contributed by atoms with Crippen LogP contribution in [-0.4, -0.2) is 11.0 Å². The molecule has 0 N–H and O–H groups in total. The van der Waals surface area contributed by atoms with Gasteiger partial charge >= 0.3 is 11.9 Å². The van der Waals surface area contributed by atoms with E-state index >= 15 is 0 Å². The number of ether oxygens (including phenoxy) is 2. The van der Waals surface area contributed by atoms with Gasteiger partial charge in [-0.05, 0) is 19.1 Å². The number of rotatable bonds is 1. The largest absolute Gasteiger partial charge is 0.455 e. The van der Waals surface area contributed by atoms with Crippen LogP contribution in [0.2, 0.25) is 0 Å². The molecule has 8 heteroatoms. The molecule has 2 unspecified atom stereocenters. The van der Waals surface area contributed by atoms with Gasteiger partial charge in [-0.1, -0.05) is 0 Å². The first-order valence-corrected chi connectivity index (χ1v) is 5.68. The SMILES string of the molecule is CC1=CC2OC2c2cc(C(F)(F)F)cc([N+](=O)[O-])c2O1. The highest BCUT2D eigenvalue weighted by Gasteiger charge is 2.46. The van der Waals surface area contributed by atoms with Crippen molar-refractivity contribution < 1.29 is 27.6 Å². The predicted octanol–water partition coefficient (Wildman–Crippen LogP) is 3.35. The molecular weight excluding hydrogens is 279 g/mol. The molecule has 0 amide bonds. The third kappa shape index (κ3) is 2.01. The Morgan fingerprint density at radius 3 is 2.65 bits per heavy atom. The van der Waals surface area contributed by atoms with Crippen LogP contribution in [0.25, 0.3) is 0 Å². The monoisotopic (exact) mass is 287 g/mol. The Balaban J connectivity index is 2.22.